The molecule has 0 heterocycles. The lowest BCUT2D eigenvalue weighted by atomic mass is 10.2. The maximum atomic E-state index is 12.9. The summed E-state index contributed by atoms with van der Waals surface area (Å²) < 4.78 is 12.9. The SMILES string of the molecule is CCNC(C)CC(=O)NCc1ccc(F)c(Cl)c1. The minimum atomic E-state index is -0.451. The average molecular weight is 273 g/mol. The summed E-state index contributed by atoms with van der Waals surface area (Å²) in [6.07, 6.45) is 0.419. The molecule has 0 saturated heterocycles. The molecular formula is C13H18ClFN2O. The standard InChI is InChI=1S/C13H18ClFN2O/c1-3-16-9(2)6-13(18)17-8-10-4-5-12(15)11(14)7-10/h4-5,7,9,16H,3,6,8H2,1-2H3,(H,17,18). The molecule has 1 aromatic rings. The smallest absolute Gasteiger partial charge is 0.221 e. The molecule has 1 amide bonds. The summed E-state index contributed by atoms with van der Waals surface area (Å²) in [6, 6.07) is 4.57. The van der Waals surface area contributed by atoms with E-state index < -0.39 is 5.82 Å². The van der Waals surface area contributed by atoms with E-state index in [4.69, 9.17) is 11.6 Å². The summed E-state index contributed by atoms with van der Waals surface area (Å²) in [7, 11) is 0. The number of halogens is 2. The fourth-order valence-corrected chi connectivity index (χ4v) is 1.82. The summed E-state index contributed by atoms with van der Waals surface area (Å²) in [4.78, 5) is 11.6. The van der Waals surface area contributed by atoms with Gasteiger partial charge >= 0.3 is 0 Å². The highest BCUT2D eigenvalue weighted by Crippen LogP contribution is 2.15. The monoisotopic (exact) mass is 272 g/mol. The second-order valence-corrected chi connectivity index (χ2v) is 4.60. The van der Waals surface area contributed by atoms with E-state index in [1.54, 1.807) is 6.07 Å². The molecule has 0 radical (unpaired) electrons. The van der Waals surface area contributed by atoms with Gasteiger partial charge in [0.05, 0.1) is 5.02 Å². The number of hydrogen-bond donors (Lipinski definition) is 2. The van der Waals surface area contributed by atoms with Crippen molar-refractivity contribution in [3.8, 4) is 0 Å². The number of benzene rings is 1. The molecule has 3 nitrogen and oxygen atoms in total. The summed E-state index contributed by atoms with van der Waals surface area (Å²) in [6.45, 7) is 5.15. The number of nitrogens with one attached hydrogen (secondary N) is 2. The van der Waals surface area contributed by atoms with Crippen molar-refractivity contribution in [3.63, 3.8) is 0 Å². The van der Waals surface area contributed by atoms with E-state index in [0.29, 0.717) is 13.0 Å². The zero-order valence-electron chi connectivity index (χ0n) is 10.6. The topological polar surface area (TPSA) is 41.1 Å². The first kappa shape index (κ1) is 14.9. The van der Waals surface area contributed by atoms with Gasteiger partial charge < -0.3 is 10.6 Å². The first-order valence-corrected chi connectivity index (χ1v) is 6.34. The molecule has 100 valence electrons. The average Bonchev–Trinajstić information content (AvgIpc) is 2.31. The highest BCUT2D eigenvalue weighted by molar-refractivity contribution is 6.30. The van der Waals surface area contributed by atoms with Gasteiger partial charge in [-0.1, -0.05) is 24.6 Å². The fourth-order valence-electron chi connectivity index (χ4n) is 1.62. The van der Waals surface area contributed by atoms with Crippen LogP contribution in [0.1, 0.15) is 25.8 Å². The van der Waals surface area contributed by atoms with E-state index in [0.717, 1.165) is 12.1 Å². The zero-order valence-corrected chi connectivity index (χ0v) is 11.4. The van der Waals surface area contributed by atoms with Crippen LogP contribution >= 0.6 is 11.6 Å². The fraction of sp³-hybridized carbons (Fsp3) is 0.462. The van der Waals surface area contributed by atoms with Crippen LogP contribution in [0.5, 0.6) is 0 Å². The quantitative estimate of drug-likeness (QED) is 0.835. The van der Waals surface area contributed by atoms with E-state index in [1.165, 1.54) is 12.1 Å². The van der Waals surface area contributed by atoms with Crippen molar-refractivity contribution in [2.75, 3.05) is 6.54 Å². The van der Waals surface area contributed by atoms with Crippen molar-refractivity contribution < 1.29 is 9.18 Å². The van der Waals surface area contributed by atoms with E-state index in [9.17, 15) is 9.18 Å². The van der Waals surface area contributed by atoms with Gasteiger partial charge in [-0.25, -0.2) is 4.39 Å². The summed E-state index contributed by atoms with van der Waals surface area (Å²) in [5, 5.41) is 6.01. The molecule has 2 N–H and O–H groups in total. The van der Waals surface area contributed by atoms with Gasteiger partial charge in [-0.3, -0.25) is 4.79 Å². The van der Waals surface area contributed by atoms with E-state index >= 15 is 0 Å². The molecule has 1 rings (SSSR count). The molecule has 5 heteroatoms. The molecule has 18 heavy (non-hydrogen) atoms. The number of hydrogen-bond acceptors (Lipinski definition) is 2. The Kier molecular flexibility index (Phi) is 6.09. The van der Waals surface area contributed by atoms with Crippen molar-refractivity contribution in [2.24, 2.45) is 0 Å². The van der Waals surface area contributed by atoms with Crippen LogP contribution in [0.3, 0.4) is 0 Å². The number of amides is 1. The largest absolute Gasteiger partial charge is 0.352 e. The van der Waals surface area contributed by atoms with Crippen LogP contribution in [0, 0.1) is 5.82 Å². The molecule has 1 atom stereocenters. The van der Waals surface area contributed by atoms with Gasteiger partial charge in [0, 0.05) is 19.0 Å². The van der Waals surface area contributed by atoms with E-state index in [1.807, 2.05) is 13.8 Å². The van der Waals surface area contributed by atoms with Crippen LogP contribution in [0.2, 0.25) is 5.02 Å². The van der Waals surface area contributed by atoms with Crippen LogP contribution in [0.15, 0.2) is 18.2 Å². The molecule has 0 saturated carbocycles. The van der Waals surface area contributed by atoms with Gasteiger partial charge in [-0.05, 0) is 31.2 Å². The van der Waals surface area contributed by atoms with Crippen LogP contribution < -0.4 is 10.6 Å². The van der Waals surface area contributed by atoms with E-state index in [-0.39, 0.29) is 17.0 Å². The minimum absolute atomic E-state index is 0.0381. The van der Waals surface area contributed by atoms with Crippen molar-refractivity contribution in [3.05, 3.63) is 34.6 Å². The van der Waals surface area contributed by atoms with Crippen LogP contribution in [0.25, 0.3) is 0 Å². The predicted octanol–water partition coefficient (Wildman–Crippen LogP) is 2.48. The van der Waals surface area contributed by atoms with Gasteiger partial charge in [0.1, 0.15) is 5.82 Å². The third-order valence-electron chi connectivity index (χ3n) is 2.52. The van der Waals surface area contributed by atoms with Gasteiger partial charge in [-0.15, -0.1) is 0 Å². The van der Waals surface area contributed by atoms with Crippen molar-refractivity contribution in [1.29, 1.82) is 0 Å². The van der Waals surface area contributed by atoms with Crippen molar-refractivity contribution in [1.82, 2.24) is 10.6 Å². The highest BCUT2D eigenvalue weighted by atomic mass is 35.5. The molecule has 0 aromatic heterocycles. The number of carbonyl (C=O) groups is 1. The lowest BCUT2D eigenvalue weighted by molar-refractivity contribution is -0.121. The maximum absolute atomic E-state index is 12.9. The highest BCUT2D eigenvalue weighted by Gasteiger charge is 2.08. The molecular weight excluding hydrogens is 255 g/mol. The maximum Gasteiger partial charge on any atom is 0.221 e. The Hall–Kier alpha value is -1.13. The van der Waals surface area contributed by atoms with Crippen molar-refractivity contribution >= 4 is 17.5 Å². The second-order valence-electron chi connectivity index (χ2n) is 4.19. The minimum Gasteiger partial charge on any atom is -0.352 e. The number of rotatable bonds is 6. The molecule has 0 spiro atoms. The lowest BCUT2D eigenvalue weighted by Crippen LogP contribution is -2.33. The Bertz CT molecular complexity index is 412. The van der Waals surface area contributed by atoms with Gasteiger partial charge in [0.25, 0.3) is 0 Å². The second kappa shape index (κ2) is 7.34. The first-order valence-electron chi connectivity index (χ1n) is 5.97. The third-order valence-corrected chi connectivity index (χ3v) is 2.81. The molecule has 0 aliphatic carbocycles. The molecule has 0 bridgehead atoms. The van der Waals surface area contributed by atoms with Gasteiger partial charge in [0.15, 0.2) is 0 Å². The molecule has 0 aliphatic heterocycles. The van der Waals surface area contributed by atoms with E-state index in [2.05, 4.69) is 10.6 Å². The normalized spacial score (nSPS) is 12.2. The molecule has 1 aromatic carbocycles. The zero-order chi connectivity index (χ0) is 13.5. The Balaban J connectivity index is 2.40. The van der Waals surface area contributed by atoms with Crippen LogP contribution in [-0.4, -0.2) is 18.5 Å². The molecule has 1 unspecified atom stereocenters. The van der Waals surface area contributed by atoms with Crippen LogP contribution in [0.4, 0.5) is 4.39 Å². The summed E-state index contributed by atoms with van der Waals surface area (Å²) >= 11 is 5.66. The Morgan fingerprint density at radius 1 is 1.50 bits per heavy atom. The Morgan fingerprint density at radius 3 is 2.83 bits per heavy atom. The summed E-state index contributed by atoms with van der Waals surface area (Å²) in [5.74, 6) is -0.489. The Labute approximate surface area is 112 Å². The Morgan fingerprint density at radius 2 is 2.22 bits per heavy atom. The third kappa shape index (κ3) is 5.02. The molecule has 0 fully saturated rings. The number of carbonyl (C=O) groups excluding carboxylic acids is 1. The molecule has 0 aliphatic rings. The summed E-state index contributed by atoms with van der Waals surface area (Å²) in [5.41, 5.74) is 0.783. The lowest BCUT2D eigenvalue weighted by Gasteiger charge is -2.12. The van der Waals surface area contributed by atoms with Gasteiger partial charge in [-0.2, -0.15) is 0 Å². The van der Waals surface area contributed by atoms with Gasteiger partial charge in [0.2, 0.25) is 5.91 Å². The first-order chi connectivity index (χ1) is 8.52. The predicted molar refractivity (Wildman–Crippen MR) is 71.0 cm³/mol. The van der Waals surface area contributed by atoms with Crippen molar-refractivity contribution in [2.45, 2.75) is 32.9 Å². The van der Waals surface area contributed by atoms with Crippen LogP contribution in [-0.2, 0) is 11.3 Å².